The quantitative estimate of drug-likeness (QED) is 0.759. The topological polar surface area (TPSA) is 57.5 Å². The van der Waals surface area contributed by atoms with Crippen molar-refractivity contribution in [2.45, 2.75) is 19.8 Å². The number of aliphatic carboxylic acids is 1. The molecule has 0 amide bonds. The number of aliphatic hydroxyl groups is 1. The Morgan fingerprint density at radius 1 is 1.36 bits per heavy atom. The zero-order valence-corrected chi connectivity index (χ0v) is 8.47. The average Bonchev–Trinajstić information content (AvgIpc) is 2.17. The van der Waals surface area contributed by atoms with Crippen molar-refractivity contribution < 1.29 is 15.0 Å². The van der Waals surface area contributed by atoms with Crippen LogP contribution in [-0.4, -0.2) is 22.8 Å². The summed E-state index contributed by atoms with van der Waals surface area (Å²) in [4.78, 5) is 9.00. The lowest BCUT2D eigenvalue weighted by molar-refractivity contribution is -0.134. The fourth-order valence-corrected chi connectivity index (χ4v) is 0.887. The van der Waals surface area contributed by atoms with Gasteiger partial charge in [0.1, 0.15) is 0 Å². The first-order valence-electron chi connectivity index (χ1n) is 4.43. The monoisotopic (exact) mass is 196 g/mol. The molecule has 0 aliphatic rings. The van der Waals surface area contributed by atoms with E-state index in [0.717, 1.165) is 6.92 Å². The molecule has 0 spiro atoms. The smallest absolute Gasteiger partial charge is 0.300 e. The molecule has 0 radical (unpaired) electrons. The second kappa shape index (κ2) is 7.09. The highest BCUT2D eigenvalue weighted by Gasteiger charge is 2.00. The summed E-state index contributed by atoms with van der Waals surface area (Å²) in [6, 6.07) is 10.0. The molecule has 1 aromatic rings. The standard InChI is InChI=1S/C9H12O.C2H4O2/c1-8(7-10)9-5-3-2-4-6-9;1-2(3)4/h2-6,8,10H,7H2,1H3;1H3,(H,3,4). The number of carboxylic acid groups (broad SMARTS) is 1. The van der Waals surface area contributed by atoms with Crippen LogP contribution in [0.25, 0.3) is 0 Å². The first-order chi connectivity index (χ1) is 6.57. The molecule has 0 aliphatic carbocycles. The van der Waals surface area contributed by atoms with Gasteiger partial charge in [-0.25, -0.2) is 0 Å². The third-order valence-electron chi connectivity index (χ3n) is 1.64. The highest BCUT2D eigenvalue weighted by atomic mass is 16.4. The summed E-state index contributed by atoms with van der Waals surface area (Å²) < 4.78 is 0. The molecule has 3 heteroatoms. The molecule has 0 fully saturated rings. The minimum atomic E-state index is -0.833. The minimum absolute atomic E-state index is 0.226. The van der Waals surface area contributed by atoms with Crippen molar-refractivity contribution in [2.75, 3.05) is 6.61 Å². The van der Waals surface area contributed by atoms with Gasteiger partial charge >= 0.3 is 0 Å². The van der Waals surface area contributed by atoms with E-state index in [1.54, 1.807) is 0 Å². The number of aliphatic hydroxyl groups excluding tert-OH is 1. The number of hydrogen-bond acceptors (Lipinski definition) is 2. The zero-order chi connectivity index (χ0) is 11.0. The fourth-order valence-electron chi connectivity index (χ4n) is 0.887. The Balaban J connectivity index is 0.000000364. The van der Waals surface area contributed by atoms with E-state index < -0.39 is 5.97 Å². The lowest BCUT2D eigenvalue weighted by atomic mass is 10.0. The molecular weight excluding hydrogens is 180 g/mol. The summed E-state index contributed by atoms with van der Waals surface area (Å²) >= 11 is 0. The summed E-state index contributed by atoms with van der Waals surface area (Å²) in [6.45, 7) is 3.32. The number of carboxylic acids is 1. The van der Waals surface area contributed by atoms with E-state index in [1.165, 1.54) is 5.56 Å². The Bertz CT molecular complexity index is 252. The minimum Gasteiger partial charge on any atom is -0.481 e. The number of carbonyl (C=O) groups is 1. The van der Waals surface area contributed by atoms with Gasteiger partial charge in [-0.2, -0.15) is 0 Å². The van der Waals surface area contributed by atoms with Crippen LogP contribution in [0.1, 0.15) is 25.3 Å². The van der Waals surface area contributed by atoms with Crippen molar-refractivity contribution in [3.8, 4) is 0 Å². The van der Waals surface area contributed by atoms with Gasteiger partial charge in [0.15, 0.2) is 0 Å². The van der Waals surface area contributed by atoms with Gasteiger partial charge in [-0.05, 0) is 5.56 Å². The van der Waals surface area contributed by atoms with Gasteiger partial charge in [0, 0.05) is 19.4 Å². The highest BCUT2D eigenvalue weighted by molar-refractivity contribution is 5.62. The second-order valence-corrected chi connectivity index (χ2v) is 3.01. The zero-order valence-electron chi connectivity index (χ0n) is 8.47. The van der Waals surface area contributed by atoms with Gasteiger partial charge in [-0.15, -0.1) is 0 Å². The van der Waals surface area contributed by atoms with Crippen molar-refractivity contribution in [3.05, 3.63) is 35.9 Å². The van der Waals surface area contributed by atoms with E-state index in [0.29, 0.717) is 0 Å². The Labute approximate surface area is 84.0 Å². The molecule has 1 unspecified atom stereocenters. The van der Waals surface area contributed by atoms with Crippen LogP contribution in [0.5, 0.6) is 0 Å². The van der Waals surface area contributed by atoms with Crippen LogP contribution in [0, 0.1) is 0 Å². The number of hydrogen-bond donors (Lipinski definition) is 2. The maximum atomic E-state index is 9.00. The van der Waals surface area contributed by atoms with Gasteiger partial charge in [0.25, 0.3) is 5.97 Å². The molecule has 0 saturated carbocycles. The lowest BCUT2D eigenvalue weighted by Crippen LogP contribution is -1.97. The molecule has 14 heavy (non-hydrogen) atoms. The van der Waals surface area contributed by atoms with Crippen LogP contribution in [0.15, 0.2) is 30.3 Å². The van der Waals surface area contributed by atoms with Gasteiger partial charge in [0.05, 0.1) is 0 Å². The lowest BCUT2D eigenvalue weighted by Gasteiger charge is -2.05. The van der Waals surface area contributed by atoms with Crippen LogP contribution < -0.4 is 0 Å². The van der Waals surface area contributed by atoms with Crippen molar-refractivity contribution in [3.63, 3.8) is 0 Å². The van der Waals surface area contributed by atoms with E-state index in [2.05, 4.69) is 0 Å². The van der Waals surface area contributed by atoms with Crippen LogP contribution >= 0.6 is 0 Å². The second-order valence-electron chi connectivity index (χ2n) is 3.01. The largest absolute Gasteiger partial charge is 0.481 e. The molecule has 0 heterocycles. The van der Waals surface area contributed by atoms with Crippen molar-refractivity contribution in [1.29, 1.82) is 0 Å². The Hall–Kier alpha value is -1.35. The van der Waals surface area contributed by atoms with Crippen LogP contribution in [-0.2, 0) is 4.79 Å². The van der Waals surface area contributed by atoms with Crippen LogP contribution in [0.3, 0.4) is 0 Å². The van der Waals surface area contributed by atoms with E-state index in [1.807, 2.05) is 37.3 Å². The number of rotatable bonds is 2. The van der Waals surface area contributed by atoms with E-state index in [4.69, 9.17) is 15.0 Å². The summed E-state index contributed by atoms with van der Waals surface area (Å²) in [5.74, 6) is -0.568. The predicted molar refractivity (Wildman–Crippen MR) is 55.3 cm³/mol. The summed E-state index contributed by atoms with van der Waals surface area (Å²) in [6.07, 6.45) is 0. The van der Waals surface area contributed by atoms with E-state index >= 15 is 0 Å². The molecule has 78 valence electrons. The molecule has 2 N–H and O–H groups in total. The number of benzene rings is 1. The first-order valence-corrected chi connectivity index (χ1v) is 4.43. The molecule has 0 aliphatic heterocycles. The van der Waals surface area contributed by atoms with Gasteiger partial charge < -0.3 is 10.2 Å². The molecular formula is C11H16O3. The maximum Gasteiger partial charge on any atom is 0.300 e. The molecule has 0 bridgehead atoms. The third kappa shape index (κ3) is 6.20. The Morgan fingerprint density at radius 2 is 1.79 bits per heavy atom. The Morgan fingerprint density at radius 3 is 2.14 bits per heavy atom. The van der Waals surface area contributed by atoms with Gasteiger partial charge in [-0.3, -0.25) is 4.79 Å². The van der Waals surface area contributed by atoms with Crippen molar-refractivity contribution >= 4 is 5.97 Å². The predicted octanol–water partition coefficient (Wildman–Crippen LogP) is 1.87. The van der Waals surface area contributed by atoms with Crippen LogP contribution in [0.4, 0.5) is 0 Å². The van der Waals surface area contributed by atoms with E-state index in [9.17, 15) is 0 Å². The highest BCUT2D eigenvalue weighted by Crippen LogP contribution is 2.12. The Kier molecular flexibility index (Phi) is 6.41. The van der Waals surface area contributed by atoms with Crippen molar-refractivity contribution in [1.82, 2.24) is 0 Å². The summed E-state index contributed by atoms with van der Waals surface area (Å²) in [5.41, 5.74) is 1.20. The SMILES string of the molecule is CC(=O)O.CC(CO)c1ccccc1. The molecule has 1 rings (SSSR count). The molecule has 0 aromatic heterocycles. The van der Waals surface area contributed by atoms with Gasteiger partial charge in [-0.1, -0.05) is 37.3 Å². The fraction of sp³-hybridized carbons (Fsp3) is 0.364. The van der Waals surface area contributed by atoms with Crippen LogP contribution in [0.2, 0.25) is 0 Å². The first kappa shape index (κ1) is 12.7. The summed E-state index contributed by atoms with van der Waals surface area (Å²) in [7, 11) is 0. The average molecular weight is 196 g/mol. The van der Waals surface area contributed by atoms with Gasteiger partial charge in [0.2, 0.25) is 0 Å². The third-order valence-corrected chi connectivity index (χ3v) is 1.64. The normalized spacial score (nSPS) is 11.1. The molecule has 0 saturated heterocycles. The molecule has 1 aromatic carbocycles. The molecule has 1 atom stereocenters. The molecule has 3 nitrogen and oxygen atoms in total. The van der Waals surface area contributed by atoms with Crippen molar-refractivity contribution in [2.24, 2.45) is 0 Å². The van der Waals surface area contributed by atoms with E-state index in [-0.39, 0.29) is 12.5 Å². The summed E-state index contributed by atoms with van der Waals surface area (Å²) in [5, 5.41) is 16.2. The maximum absolute atomic E-state index is 9.00.